The van der Waals surface area contributed by atoms with E-state index in [2.05, 4.69) is 27.9 Å². The smallest absolute Gasteiger partial charge is 0.101 e. The van der Waals surface area contributed by atoms with E-state index in [1.807, 2.05) is 12.1 Å². The van der Waals surface area contributed by atoms with Crippen LogP contribution in [0.3, 0.4) is 0 Å². The van der Waals surface area contributed by atoms with E-state index >= 15 is 0 Å². The maximum atomic E-state index is 9.11. The summed E-state index contributed by atoms with van der Waals surface area (Å²) >= 11 is 0. The fourth-order valence-electron chi connectivity index (χ4n) is 1.81. The zero-order valence-corrected chi connectivity index (χ0v) is 10.2. The van der Waals surface area contributed by atoms with Crippen molar-refractivity contribution in [3.05, 3.63) is 54.1 Å². The minimum absolute atomic E-state index is 0.654. The number of nitriles is 1. The van der Waals surface area contributed by atoms with E-state index in [0.29, 0.717) is 5.56 Å². The van der Waals surface area contributed by atoms with Crippen LogP contribution in [0.2, 0.25) is 0 Å². The minimum Gasteiger partial charge on any atom is -0.365 e. The van der Waals surface area contributed by atoms with Crippen molar-refractivity contribution in [2.24, 2.45) is 0 Å². The molecule has 0 amide bonds. The summed E-state index contributed by atoms with van der Waals surface area (Å²) < 4.78 is 0. The van der Waals surface area contributed by atoms with Gasteiger partial charge in [0.2, 0.25) is 0 Å². The summed E-state index contributed by atoms with van der Waals surface area (Å²) in [7, 11) is 0. The van der Waals surface area contributed by atoms with E-state index in [4.69, 9.17) is 5.26 Å². The minimum atomic E-state index is 0.654. The molecule has 0 spiro atoms. The SMILES string of the molecule is CCN(Cc1ccncc1)c1cnccc1C#N. The Hall–Kier alpha value is -2.41. The van der Waals surface area contributed by atoms with E-state index in [-0.39, 0.29) is 0 Å². The summed E-state index contributed by atoms with van der Waals surface area (Å²) in [5.41, 5.74) is 2.69. The van der Waals surface area contributed by atoms with Crippen molar-refractivity contribution in [3.63, 3.8) is 0 Å². The van der Waals surface area contributed by atoms with Gasteiger partial charge in [0.15, 0.2) is 0 Å². The fourth-order valence-corrected chi connectivity index (χ4v) is 1.81. The summed E-state index contributed by atoms with van der Waals surface area (Å²) in [5.74, 6) is 0. The van der Waals surface area contributed by atoms with Gasteiger partial charge in [0, 0.05) is 31.7 Å². The number of aromatic nitrogens is 2. The Kier molecular flexibility index (Phi) is 3.87. The van der Waals surface area contributed by atoms with Crippen molar-refractivity contribution in [1.29, 1.82) is 5.26 Å². The van der Waals surface area contributed by atoms with Crippen molar-refractivity contribution in [1.82, 2.24) is 9.97 Å². The second kappa shape index (κ2) is 5.78. The molecule has 0 saturated carbocycles. The molecule has 0 aliphatic carbocycles. The second-order valence-electron chi connectivity index (χ2n) is 3.87. The lowest BCUT2D eigenvalue weighted by Crippen LogP contribution is -2.23. The lowest BCUT2D eigenvalue weighted by molar-refractivity contribution is 0.825. The van der Waals surface area contributed by atoms with Gasteiger partial charge in [-0.1, -0.05) is 0 Å². The van der Waals surface area contributed by atoms with Crippen molar-refractivity contribution in [2.75, 3.05) is 11.4 Å². The molecule has 0 fully saturated rings. The summed E-state index contributed by atoms with van der Waals surface area (Å²) in [6.45, 7) is 3.64. The van der Waals surface area contributed by atoms with E-state index in [0.717, 1.165) is 18.8 Å². The van der Waals surface area contributed by atoms with Gasteiger partial charge in [-0.3, -0.25) is 9.97 Å². The molecule has 4 heteroatoms. The van der Waals surface area contributed by atoms with Crippen LogP contribution < -0.4 is 4.90 Å². The predicted octanol–water partition coefficient (Wildman–Crippen LogP) is 2.37. The second-order valence-corrected chi connectivity index (χ2v) is 3.87. The van der Waals surface area contributed by atoms with Gasteiger partial charge in [0.05, 0.1) is 17.4 Å². The van der Waals surface area contributed by atoms with E-state index in [1.165, 1.54) is 5.56 Å². The molecule has 0 radical (unpaired) electrons. The number of pyridine rings is 2. The molecular weight excluding hydrogens is 224 g/mol. The van der Waals surface area contributed by atoms with Crippen LogP contribution in [0.25, 0.3) is 0 Å². The van der Waals surface area contributed by atoms with E-state index < -0.39 is 0 Å². The molecule has 2 aromatic rings. The Morgan fingerprint density at radius 3 is 2.56 bits per heavy atom. The van der Waals surface area contributed by atoms with Crippen LogP contribution in [-0.2, 0) is 6.54 Å². The number of rotatable bonds is 4. The van der Waals surface area contributed by atoms with Crippen LogP contribution >= 0.6 is 0 Å². The molecule has 2 heterocycles. The third kappa shape index (κ3) is 2.64. The van der Waals surface area contributed by atoms with Gasteiger partial charge in [-0.15, -0.1) is 0 Å². The molecule has 4 nitrogen and oxygen atoms in total. The van der Waals surface area contributed by atoms with Crippen molar-refractivity contribution in [2.45, 2.75) is 13.5 Å². The third-order valence-electron chi connectivity index (χ3n) is 2.77. The fraction of sp³-hybridized carbons (Fsp3) is 0.214. The van der Waals surface area contributed by atoms with Gasteiger partial charge in [-0.2, -0.15) is 5.26 Å². The monoisotopic (exact) mass is 238 g/mol. The molecule has 0 saturated heterocycles. The van der Waals surface area contributed by atoms with Crippen LogP contribution in [0.1, 0.15) is 18.1 Å². The highest BCUT2D eigenvalue weighted by Gasteiger charge is 2.10. The van der Waals surface area contributed by atoms with Crippen LogP contribution in [0.4, 0.5) is 5.69 Å². The maximum absolute atomic E-state index is 9.11. The van der Waals surface area contributed by atoms with Crippen molar-refractivity contribution < 1.29 is 0 Å². The normalized spacial score (nSPS) is 9.78. The first-order valence-electron chi connectivity index (χ1n) is 5.83. The summed E-state index contributed by atoms with van der Waals surface area (Å²) in [6, 6.07) is 7.90. The summed E-state index contributed by atoms with van der Waals surface area (Å²) in [4.78, 5) is 10.2. The predicted molar refractivity (Wildman–Crippen MR) is 69.9 cm³/mol. The largest absolute Gasteiger partial charge is 0.365 e. The Morgan fingerprint density at radius 1 is 1.17 bits per heavy atom. The van der Waals surface area contributed by atoms with Gasteiger partial charge in [-0.05, 0) is 30.7 Å². The van der Waals surface area contributed by atoms with Crippen LogP contribution in [0.15, 0.2) is 43.0 Å². The summed E-state index contributed by atoms with van der Waals surface area (Å²) in [5, 5.41) is 9.11. The number of hydrogen-bond acceptors (Lipinski definition) is 4. The first kappa shape index (κ1) is 12.1. The zero-order chi connectivity index (χ0) is 12.8. The Bertz CT molecular complexity index is 545. The highest BCUT2D eigenvalue weighted by atomic mass is 15.1. The highest BCUT2D eigenvalue weighted by Crippen LogP contribution is 2.20. The summed E-state index contributed by atoms with van der Waals surface area (Å²) in [6.07, 6.45) is 6.93. The number of nitrogens with zero attached hydrogens (tertiary/aromatic N) is 4. The molecule has 0 N–H and O–H groups in total. The lowest BCUT2D eigenvalue weighted by Gasteiger charge is -2.23. The molecule has 0 aliphatic rings. The van der Waals surface area contributed by atoms with Crippen LogP contribution in [0, 0.1) is 11.3 Å². The first-order chi connectivity index (χ1) is 8.85. The first-order valence-corrected chi connectivity index (χ1v) is 5.83. The molecule has 0 aromatic carbocycles. The molecule has 90 valence electrons. The lowest BCUT2D eigenvalue weighted by atomic mass is 10.2. The average Bonchev–Trinajstić information content (AvgIpc) is 2.46. The van der Waals surface area contributed by atoms with Gasteiger partial charge >= 0.3 is 0 Å². The van der Waals surface area contributed by atoms with Gasteiger partial charge in [0.25, 0.3) is 0 Å². The topological polar surface area (TPSA) is 52.8 Å². The number of anilines is 1. The Balaban J connectivity index is 2.27. The van der Waals surface area contributed by atoms with Crippen molar-refractivity contribution >= 4 is 5.69 Å². The van der Waals surface area contributed by atoms with Crippen LogP contribution in [0.5, 0.6) is 0 Å². The zero-order valence-electron chi connectivity index (χ0n) is 10.2. The Labute approximate surface area is 107 Å². The van der Waals surface area contributed by atoms with E-state index in [9.17, 15) is 0 Å². The molecule has 2 aromatic heterocycles. The van der Waals surface area contributed by atoms with Crippen molar-refractivity contribution in [3.8, 4) is 6.07 Å². The average molecular weight is 238 g/mol. The third-order valence-corrected chi connectivity index (χ3v) is 2.77. The molecule has 0 unspecified atom stereocenters. The molecular formula is C14H14N4. The van der Waals surface area contributed by atoms with Crippen LogP contribution in [-0.4, -0.2) is 16.5 Å². The standard InChI is InChI=1S/C14H14N4/c1-2-18(11-12-3-6-16-7-4-12)14-10-17-8-5-13(14)9-15/h3-8,10H,2,11H2,1H3. The quantitative estimate of drug-likeness (QED) is 0.820. The molecule has 2 rings (SSSR count). The number of hydrogen-bond donors (Lipinski definition) is 0. The highest BCUT2D eigenvalue weighted by molar-refractivity contribution is 5.57. The maximum Gasteiger partial charge on any atom is 0.101 e. The molecule has 18 heavy (non-hydrogen) atoms. The molecule has 0 bridgehead atoms. The van der Waals surface area contributed by atoms with Gasteiger partial charge in [-0.25, -0.2) is 0 Å². The Morgan fingerprint density at radius 2 is 1.89 bits per heavy atom. The van der Waals surface area contributed by atoms with Gasteiger partial charge < -0.3 is 4.90 Å². The van der Waals surface area contributed by atoms with Gasteiger partial charge in [0.1, 0.15) is 6.07 Å². The van der Waals surface area contributed by atoms with E-state index in [1.54, 1.807) is 30.9 Å². The molecule has 0 atom stereocenters. The molecule has 0 aliphatic heterocycles.